The van der Waals surface area contributed by atoms with Crippen LogP contribution in [-0.2, 0) is 20.0 Å². The van der Waals surface area contributed by atoms with Crippen LogP contribution in [0.3, 0.4) is 0 Å². The summed E-state index contributed by atoms with van der Waals surface area (Å²) in [4.78, 5) is 15.0. The third-order valence-corrected chi connectivity index (χ3v) is 6.67. The van der Waals surface area contributed by atoms with E-state index in [9.17, 15) is 5.11 Å². The number of aryl methyl sites for hydroxylation is 1. The second-order valence-electron chi connectivity index (χ2n) is 9.36. The van der Waals surface area contributed by atoms with Crippen LogP contribution in [0.25, 0.3) is 0 Å². The first-order valence-corrected chi connectivity index (χ1v) is 11.9. The lowest BCUT2D eigenvalue weighted by molar-refractivity contribution is 0.117. The molecule has 180 valence electrons. The van der Waals surface area contributed by atoms with E-state index >= 15 is 4.39 Å². The van der Waals surface area contributed by atoms with Crippen molar-refractivity contribution < 1.29 is 9.50 Å². The van der Waals surface area contributed by atoms with Gasteiger partial charge in [-0.25, -0.2) is 19.3 Å². The number of hydrogen-bond donors (Lipinski definition) is 3. The molecule has 9 nitrogen and oxygen atoms in total. The lowest BCUT2D eigenvalue weighted by Crippen LogP contribution is -2.38. The molecule has 1 saturated heterocycles. The zero-order valence-electron chi connectivity index (χ0n) is 19.8. The van der Waals surface area contributed by atoms with Crippen molar-refractivity contribution in [3.63, 3.8) is 0 Å². The normalized spacial score (nSPS) is 20.5. The van der Waals surface area contributed by atoms with E-state index in [4.69, 9.17) is 5.10 Å². The van der Waals surface area contributed by atoms with E-state index in [2.05, 4.69) is 44.3 Å². The van der Waals surface area contributed by atoms with Gasteiger partial charge in [-0.3, -0.25) is 4.68 Å². The molecule has 0 saturated carbocycles. The van der Waals surface area contributed by atoms with Gasteiger partial charge in [0, 0.05) is 61.8 Å². The zero-order chi connectivity index (χ0) is 23.8. The summed E-state index contributed by atoms with van der Waals surface area (Å²) in [6.07, 6.45) is 5.97. The number of anilines is 3. The van der Waals surface area contributed by atoms with Gasteiger partial charge in [-0.2, -0.15) is 5.10 Å². The molecule has 2 aliphatic heterocycles. The monoisotopic (exact) mass is 466 g/mol. The molecule has 0 spiro atoms. The number of nitrogens with one attached hydrogen (secondary N) is 2. The maximum absolute atomic E-state index is 15.6. The van der Waals surface area contributed by atoms with E-state index in [0.717, 1.165) is 12.1 Å². The maximum Gasteiger partial charge on any atom is 0.228 e. The molecule has 0 aliphatic carbocycles. The van der Waals surface area contributed by atoms with Gasteiger partial charge in [0.1, 0.15) is 5.82 Å². The molecule has 2 aliphatic rings. The first-order valence-electron chi connectivity index (χ1n) is 11.9. The Morgan fingerprint density at radius 2 is 2.03 bits per heavy atom. The Morgan fingerprint density at radius 3 is 2.76 bits per heavy atom. The van der Waals surface area contributed by atoms with E-state index in [1.807, 2.05) is 11.7 Å². The van der Waals surface area contributed by atoms with Crippen molar-refractivity contribution in [3.05, 3.63) is 53.0 Å². The van der Waals surface area contributed by atoms with Gasteiger partial charge in [-0.15, -0.1) is 0 Å². The highest BCUT2D eigenvalue weighted by Gasteiger charge is 2.33. The fourth-order valence-corrected chi connectivity index (χ4v) is 5.27. The number of hydrogen-bond acceptors (Lipinski definition) is 8. The van der Waals surface area contributed by atoms with Crippen LogP contribution >= 0.6 is 0 Å². The van der Waals surface area contributed by atoms with Crippen LogP contribution in [0.2, 0.25) is 0 Å². The number of aliphatic hydroxyl groups excluding tert-OH is 1. The number of piperidine rings is 1. The smallest absolute Gasteiger partial charge is 0.228 e. The summed E-state index contributed by atoms with van der Waals surface area (Å²) in [6, 6.07) is 1.48. The molecule has 3 N–H and O–H groups in total. The van der Waals surface area contributed by atoms with Gasteiger partial charge in [0.2, 0.25) is 5.95 Å². The van der Waals surface area contributed by atoms with Gasteiger partial charge in [0.05, 0.1) is 23.7 Å². The minimum absolute atomic E-state index is 0.256. The zero-order valence-corrected chi connectivity index (χ0v) is 19.8. The Morgan fingerprint density at radius 1 is 1.24 bits per heavy atom. The highest BCUT2D eigenvalue weighted by molar-refractivity contribution is 5.68. The SMILES string of the molecule is CC(C)c1c2c(nn1C)CCN(c1c(F)cnc(Nc3ncccn3)c1C1CC(O)CCN1)C2. The van der Waals surface area contributed by atoms with Crippen molar-refractivity contribution in [2.24, 2.45) is 7.05 Å². The quantitative estimate of drug-likeness (QED) is 0.527. The molecule has 5 heterocycles. The van der Waals surface area contributed by atoms with Gasteiger partial charge in [0.25, 0.3) is 0 Å². The molecule has 0 aromatic carbocycles. The Labute approximate surface area is 198 Å². The molecule has 1 fully saturated rings. The van der Waals surface area contributed by atoms with Crippen LogP contribution in [0.5, 0.6) is 0 Å². The standard InChI is InChI=1S/C24H31FN8O/c1-14(2)21-16-13-33(10-6-18(16)31-32(21)3)22-17(25)12-29-23(30-24-27-7-4-8-28-24)20(22)19-11-15(34)5-9-26-19/h4,7-8,12,14-15,19,26,34H,5-6,9-11,13H2,1-3H3,(H,27,28,29,30). The molecule has 10 heteroatoms. The largest absolute Gasteiger partial charge is 0.393 e. The minimum Gasteiger partial charge on any atom is -0.393 e. The van der Waals surface area contributed by atoms with Crippen LogP contribution in [0.4, 0.5) is 21.8 Å². The molecule has 3 aromatic heterocycles. The first kappa shape index (κ1) is 22.7. The molecule has 34 heavy (non-hydrogen) atoms. The molecule has 2 unspecified atom stereocenters. The van der Waals surface area contributed by atoms with Gasteiger partial charge < -0.3 is 20.6 Å². The Balaban J connectivity index is 1.59. The van der Waals surface area contributed by atoms with E-state index in [-0.39, 0.29) is 11.9 Å². The van der Waals surface area contributed by atoms with Gasteiger partial charge in [0.15, 0.2) is 5.82 Å². The summed E-state index contributed by atoms with van der Waals surface area (Å²) in [5, 5.41) is 21.8. The highest BCUT2D eigenvalue weighted by Crippen LogP contribution is 2.40. The van der Waals surface area contributed by atoms with Crippen molar-refractivity contribution in [3.8, 4) is 0 Å². The van der Waals surface area contributed by atoms with Gasteiger partial charge >= 0.3 is 0 Å². The maximum atomic E-state index is 15.6. The first-order chi connectivity index (χ1) is 16.4. The van der Waals surface area contributed by atoms with Crippen LogP contribution in [0.15, 0.2) is 24.7 Å². The van der Waals surface area contributed by atoms with E-state index < -0.39 is 6.10 Å². The summed E-state index contributed by atoms with van der Waals surface area (Å²) in [5.41, 5.74) is 4.64. The average Bonchev–Trinajstić information content (AvgIpc) is 3.15. The molecule has 0 radical (unpaired) electrons. The second kappa shape index (κ2) is 9.27. The van der Waals surface area contributed by atoms with Crippen molar-refractivity contribution in [2.75, 3.05) is 23.3 Å². The van der Waals surface area contributed by atoms with Gasteiger partial charge in [-0.05, 0) is 31.4 Å². The summed E-state index contributed by atoms with van der Waals surface area (Å²) >= 11 is 0. The Bertz CT molecular complexity index is 1170. The van der Waals surface area contributed by atoms with Crippen molar-refractivity contribution in [1.82, 2.24) is 30.0 Å². The Hall–Kier alpha value is -3.11. The predicted molar refractivity (Wildman–Crippen MR) is 128 cm³/mol. The van der Waals surface area contributed by atoms with Crippen molar-refractivity contribution in [1.29, 1.82) is 0 Å². The number of nitrogens with zero attached hydrogens (tertiary/aromatic N) is 6. The number of aromatic nitrogens is 5. The predicted octanol–water partition coefficient (Wildman–Crippen LogP) is 2.96. The number of aliphatic hydroxyl groups is 1. The van der Waals surface area contributed by atoms with Crippen LogP contribution in [0, 0.1) is 5.82 Å². The van der Waals surface area contributed by atoms with E-state index in [1.165, 1.54) is 17.5 Å². The Kier molecular flexibility index (Phi) is 6.18. The topological polar surface area (TPSA) is 104 Å². The van der Waals surface area contributed by atoms with Crippen LogP contribution < -0.4 is 15.5 Å². The molecule has 2 atom stereocenters. The molecule has 3 aromatic rings. The van der Waals surface area contributed by atoms with E-state index in [1.54, 1.807) is 18.5 Å². The number of rotatable bonds is 5. The highest BCUT2D eigenvalue weighted by atomic mass is 19.1. The van der Waals surface area contributed by atoms with Crippen LogP contribution in [-0.4, -0.2) is 49.0 Å². The lowest BCUT2D eigenvalue weighted by Gasteiger charge is -2.36. The summed E-state index contributed by atoms with van der Waals surface area (Å²) in [6.45, 7) is 6.17. The minimum atomic E-state index is -0.456. The molecule has 0 bridgehead atoms. The van der Waals surface area contributed by atoms with Gasteiger partial charge in [-0.1, -0.05) is 13.8 Å². The van der Waals surface area contributed by atoms with E-state index in [0.29, 0.717) is 61.4 Å². The summed E-state index contributed by atoms with van der Waals surface area (Å²) in [7, 11) is 1.98. The third-order valence-electron chi connectivity index (χ3n) is 6.67. The number of halogens is 1. The fraction of sp³-hybridized carbons (Fsp3) is 0.500. The summed E-state index contributed by atoms with van der Waals surface area (Å²) in [5.74, 6) is 0.816. The average molecular weight is 467 g/mol. The molecular weight excluding hydrogens is 435 g/mol. The second-order valence-corrected chi connectivity index (χ2v) is 9.36. The lowest BCUT2D eigenvalue weighted by atomic mass is 9.92. The van der Waals surface area contributed by atoms with Crippen LogP contribution in [0.1, 0.15) is 61.2 Å². The summed E-state index contributed by atoms with van der Waals surface area (Å²) < 4.78 is 17.5. The molecule has 5 rings (SSSR count). The number of pyridine rings is 1. The number of fused-ring (bicyclic) bond motifs is 1. The van der Waals surface area contributed by atoms with Crippen molar-refractivity contribution >= 4 is 17.5 Å². The van der Waals surface area contributed by atoms with Crippen molar-refractivity contribution in [2.45, 2.75) is 57.7 Å². The fourth-order valence-electron chi connectivity index (χ4n) is 5.27. The molecule has 0 amide bonds. The molecular formula is C24H31FN8O. The third kappa shape index (κ3) is 4.23.